The number of alkyl halides is 5. The molecule has 0 radical (unpaired) electrons. The highest BCUT2D eigenvalue weighted by Crippen LogP contribution is 2.59. The summed E-state index contributed by atoms with van der Waals surface area (Å²) in [4.78, 5) is 0. The number of hydrogen-bond donors (Lipinski definition) is 0. The molecule has 4 bridgehead atoms. The quantitative estimate of drug-likeness (QED) is 0.704. The van der Waals surface area contributed by atoms with E-state index in [0.717, 1.165) is 19.3 Å². The highest BCUT2D eigenvalue weighted by atomic mass is 19.3. The molecule has 1 nitrogen and oxygen atoms in total. The van der Waals surface area contributed by atoms with Gasteiger partial charge >= 0.3 is 12.0 Å². The maximum absolute atomic E-state index is 13.5. The molecule has 0 atom stereocenters. The predicted molar refractivity (Wildman–Crippen MR) is 57.9 cm³/mol. The van der Waals surface area contributed by atoms with Gasteiger partial charge in [-0.1, -0.05) is 0 Å². The van der Waals surface area contributed by atoms with Crippen LogP contribution < -0.4 is 0 Å². The van der Waals surface area contributed by atoms with E-state index in [1.54, 1.807) is 0 Å². The summed E-state index contributed by atoms with van der Waals surface area (Å²) in [7, 11) is 0. The van der Waals surface area contributed by atoms with Crippen LogP contribution in [0.2, 0.25) is 0 Å². The van der Waals surface area contributed by atoms with E-state index in [1.807, 2.05) is 0 Å². The monoisotopic (exact) mass is 284 g/mol. The third-order valence-electron chi connectivity index (χ3n) is 4.92. The van der Waals surface area contributed by atoms with Crippen LogP contribution in [-0.4, -0.2) is 24.3 Å². The molecule has 4 saturated carbocycles. The van der Waals surface area contributed by atoms with E-state index in [-0.39, 0.29) is 0 Å². The SMILES string of the molecule is FCC(F)(F)C(F)(F)OC12CC3CC(CC(C3)C1)C2. The van der Waals surface area contributed by atoms with Crippen molar-refractivity contribution in [2.45, 2.75) is 56.2 Å². The summed E-state index contributed by atoms with van der Waals surface area (Å²) in [6, 6.07) is 0. The van der Waals surface area contributed by atoms with E-state index in [4.69, 9.17) is 0 Å². The third kappa shape index (κ3) is 2.16. The van der Waals surface area contributed by atoms with Gasteiger partial charge in [0.1, 0.15) is 0 Å². The lowest BCUT2D eigenvalue weighted by atomic mass is 9.54. The van der Waals surface area contributed by atoms with E-state index in [1.165, 1.54) is 0 Å². The van der Waals surface area contributed by atoms with Crippen LogP contribution in [-0.2, 0) is 4.74 Å². The van der Waals surface area contributed by atoms with Crippen molar-refractivity contribution in [1.29, 1.82) is 0 Å². The summed E-state index contributed by atoms with van der Waals surface area (Å²) in [6.07, 6.45) is -0.493. The minimum Gasteiger partial charge on any atom is -0.309 e. The van der Waals surface area contributed by atoms with Gasteiger partial charge in [0.15, 0.2) is 6.67 Å². The van der Waals surface area contributed by atoms with Gasteiger partial charge in [0.25, 0.3) is 0 Å². The molecule has 0 amide bonds. The van der Waals surface area contributed by atoms with E-state index in [9.17, 15) is 22.0 Å². The first-order valence-corrected chi connectivity index (χ1v) is 6.77. The summed E-state index contributed by atoms with van der Waals surface area (Å²) in [5.41, 5.74) is -1.16. The van der Waals surface area contributed by atoms with Gasteiger partial charge in [-0.05, 0) is 56.3 Å². The number of hydrogen-bond acceptors (Lipinski definition) is 1. The Balaban J connectivity index is 1.79. The lowest BCUT2D eigenvalue weighted by Crippen LogP contribution is -2.58. The lowest BCUT2D eigenvalue weighted by Gasteiger charge is -2.57. The Morgan fingerprint density at radius 1 is 0.895 bits per heavy atom. The summed E-state index contributed by atoms with van der Waals surface area (Å²) < 4.78 is 69.6. The zero-order valence-electron chi connectivity index (χ0n) is 10.5. The highest BCUT2D eigenvalue weighted by Gasteiger charge is 2.64. The van der Waals surface area contributed by atoms with Crippen molar-refractivity contribution in [3.05, 3.63) is 0 Å². The van der Waals surface area contributed by atoms with Crippen molar-refractivity contribution >= 4 is 0 Å². The van der Waals surface area contributed by atoms with Crippen LogP contribution >= 0.6 is 0 Å². The Hall–Kier alpha value is -0.390. The molecule has 0 aromatic carbocycles. The first-order valence-electron chi connectivity index (χ1n) is 6.77. The van der Waals surface area contributed by atoms with Crippen molar-refractivity contribution in [2.24, 2.45) is 17.8 Å². The fourth-order valence-corrected chi connectivity index (χ4v) is 4.58. The third-order valence-corrected chi connectivity index (χ3v) is 4.92. The molecular formula is C13H17F5O. The molecule has 0 saturated heterocycles. The summed E-state index contributed by atoms with van der Waals surface area (Å²) >= 11 is 0. The zero-order chi connectivity index (χ0) is 13.9. The number of ether oxygens (including phenoxy) is 1. The highest BCUT2D eigenvalue weighted by molar-refractivity contribution is 5.04. The van der Waals surface area contributed by atoms with Gasteiger partial charge in [-0.15, -0.1) is 0 Å². The smallest absolute Gasteiger partial charge is 0.309 e. The van der Waals surface area contributed by atoms with Crippen LogP contribution in [0.15, 0.2) is 0 Å². The molecule has 0 aromatic heterocycles. The second-order valence-corrected chi connectivity index (χ2v) is 6.56. The van der Waals surface area contributed by atoms with Crippen molar-refractivity contribution in [3.8, 4) is 0 Å². The largest absolute Gasteiger partial charge is 0.422 e. The molecular weight excluding hydrogens is 267 g/mol. The van der Waals surface area contributed by atoms with Gasteiger partial charge in [0, 0.05) is 0 Å². The maximum Gasteiger partial charge on any atom is 0.422 e. The van der Waals surface area contributed by atoms with Crippen LogP contribution in [0.3, 0.4) is 0 Å². The van der Waals surface area contributed by atoms with E-state index < -0.39 is 24.3 Å². The zero-order valence-corrected chi connectivity index (χ0v) is 10.5. The molecule has 19 heavy (non-hydrogen) atoms. The van der Waals surface area contributed by atoms with Gasteiger partial charge in [-0.25, -0.2) is 4.39 Å². The summed E-state index contributed by atoms with van der Waals surface area (Å²) in [5, 5.41) is 0. The molecule has 4 aliphatic rings. The van der Waals surface area contributed by atoms with E-state index in [2.05, 4.69) is 4.74 Å². The molecule has 4 rings (SSSR count). The van der Waals surface area contributed by atoms with E-state index in [0.29, 0.717) is 37.0 Å². The van der Waals surface area contributed by atoms with Gasteiger partial charge in [-0.3, -0.25) is 0 Å². The van der Waals surface area contributed by atoms with Crippen LogP contribution in [0.25, 0.3) is 0 Å². The molecule has 4 aliphatic carbocycles. The standard InChI is InChI=1S/C13H17F5O/c14-7-12(15,16)13(17,18)19-11-4-8-1-9(5-11)3-10(2-8)6-11/h8-10H,1-7H2. The number of rotatable bonds is 4. The molecule has 110 valence electrons. The lowest BCUT2D eigenvalue weighted by molar-refractivity contribution is -0.397. The van der Waals surface area contributed by atoms with Crippen molar-refractivity contribution in [2.75, 3.05) is 6.67 Å². The van der Waals surface area contributed by atoms with Gasteiger partial charge in [-0.2, -0.15) is 17.6 Å². The van der Waals surface area contributed by atoms with Gasteiger partial charge in [0.2, 0.25) is 0 Å². The van der Waals surface area contributed by atoms with Crippen molar-refractivity contribution in [1.82, 2.24) is 0 Å². The van der Waals surface area contributed by atoms with Crippen LogP contribution in [0.4, 0.5) is 22.0 Å². The predicted octanol–water partition coefficient (Wildman–Crippen LogP) is 4.17. The topological polar surface area (TPSA) is 9.23 Å². The van der Waals surface area contributed by atoms with Gasteiger partial charge in [0.05, 0.1) is 5.60 Å². The Morgan fingerprint density at radius 3 is 1.68 bits per heavy atom. The molecule has 0 heterocycles. The average molecular weight is 284 g/mol. The van der Waals surface area contributed by atoms with Crippen LogP contribution in [0, 0.1) is 17.8 Å². The first kappa shape index (κ1) is 13.6. The maximum atomic E-state index is 13.5. The Morgan fingerprint density at radius 2 is 1.32 bits per heavy atom. The minimum absolute atomic E-state index is 0.307. The van der Waals surface area contributed by atoms with Crippen LogP contribution in [0.1, 0.15) is 38.5 Å². The molecule has 0 aromatic rings. The number of halogens is 5. The second kappa shape index (κ2) is 4.06. The Labute approximate surface area is 108 Å². The molecule has 0 aliphatic heterocycles. The molecule has 0 unspecified atom stereocenters. The van der Waals surface area contributed by atoms with Crippen molar-refractivity contribution in [3.63, 3.8) is 0 Å². The Kier molecular flexibility index (Phi) is 2.90. The van der Waals surface area contributed by atoms with Crippen LogP contribution in [0.5, 0.6) is 0 Å². The fourth-order valence-electron chi connectivity index (χ4n) is 4.58. The fraction of sp³-hybridized carbons (Fsp3) is 1.00. The van der Waals surface area contributed by atoms with E-state index >= 15 is 0 Å². The molecule has 0 spiro atoms. The first-order chi connectivity index (χ1) is 8.75. The average Bonchev–Trinajstić information content (AvgIpc) is 2.25. The minimum atomic E-state index is -4.74. The summed E-state index contributed by atoms with van der Waals surface area (Å²) in [6.45, 7) is -2.40. The van der Waals surface area contributed by atoms with Crippen molar-refractivity contribution < 1.29 is 26.7 Å². The Bertz CT molecular complexity index is 333. The van der Waals surface area contributed by atoms with Gasteiger partial charge < -0.3 is 4.74 Å². The second-order valence-electron chi connectivity index (χ2n) is 6.56. The molecule has 0 N–H and O–H groups in total. The molecule has 4 fully saturated rings. The normalized spacial score (nSPS) is 41.8. The summed E-state index contributed by atoms with van der Waals surface area (Å²) in [5.74, 6) is -3.82. The molecule has 6 heteroatoms.